The van der Waals surface area contributed by atoms with Crippen molar-refractivity contribution >= 4 is 11.7 Å². The van der Waals surface area contributed by atoms with Crippen LogP contribution in [0.15, 0.2) is 24.3 Å². The molecule has 4 nitrogen and oxygen atoms in total. The van der Waals surface area contributed by atoms with Gasteiger partial charge in [-0.2, -0.15) is 0 Å². The molecule has 1 aliphatic heterocycles. The Morgan fingerprint density at radius 1 is 1.26 bits per heavy atom. The lowest BCUT2D eigenvalue weighted by Crippen LogP contribution is -3.14. The van der Waals surface area contributed by atoms with E-state index in [-0.39, 0.29) is 12.2 Å². The number of carbonyl (C=O) groups is 1. The third-order valence-corrected chi connectivity index (χ3v) is 3.57. The van der Waals surface area contributed by atoms with Crippen LogP contribution in [0.1, 0.15) is 12.8 Å². The summed E-state index contributed by atoms with van der Waals surface area (Å²) in [5, 5.41) is 10.3. The van der Waals surface area contributed by atoms with E-state index in [0.29, 0.717) is 6.42 Å². The van der Waals surface area contributed by atoms with Gasteiger partial charge in [0.2, 0.25) is 0 Å². The number of nitrogens with one attached hydrogen (secondary N) is 1. The zero-order chi connectivity index (χ0) is 13.7. The Hall–Kier alpha value is -1.62. The van der Waals surface area contributed by atoms with Crippen molar-refractivity contribution in [2.75, 3.05) is 37.6 Å². The van der Waals surface area contributed by atoms with E-state index in [0.717, 1.165) is 38.4 Å². The third-order valence-electron chi connectivity index (χ3n) is 3.57. The average molecular weight is 266 g/mol. The molecule has 0 saturated carbocycles. The van der Waals surface area contributed by atoms with Gasteiger partial charge in [0.15, 0.2) is 0 Å². The van der Waals surface area contributed by atoms with Crippen molar-refractivity contribution in [3.63, 3.8) is 0 Å². The van der Waals surface area contributed by atoms with Gasteiger partial charge in [-0.15, -0.1) is 0 Å². The van der Waals surface area contributed by atoms with Crippen LogP contribution >= 0.6 is 0 Å². The summed E-state index contributed by atoms with van der Waals surface area (Å²) in [6.07, 6.45) is 0.819. The molecule has 5 heteroatoms. The minimum Gasteiger partial charge on any atom is -0.550 e. The van der Waals surface area contributed by atoms with E-state index in [1.807, 2.05) is 0 Å². The molecule has 2 rings (SSSR count). The normalized spacial score (nSPS) is 16.6. The van der Waals surface area contributed by atoms with E-state index in [1.165, 1.54) is 17.0 Å². The Labute approximate surface area is 112 Å². The van der Waals surface area contributed by atoms with Crippen molar-refractivity contribution in [3.8, 4) is 0 Å². The van der Waals surface area contributed by atoms with Gasteiger partial charge in [-0.1, -0.05) is 0 Å². The van der Waals surface area contributed by atoms with Gasteiger partial charge in [0, 0.05) is 18.1 Å². The predicted molar refractivity (Wildman–Crippen MR) is 68.4 cm³/mol. The van der Waals surface area contributed by atoms with E-state index in [4.69, 9.17) is 0 Å². The zero-order valence-corrected chi connectivity index (χ0v) is 10.9. The van der Waals surface area contributed by atoms with Crippen molar-refractivity contribution in [2.45, 2.75) is 12.8 Å². The number of carboxylic acid groups (broad SMARTS) is 1. The van der Waals surface area contributed by atoms with Gasteiger partial charge in [0.25, 0.3) is 0 Å². The van der Waals surface area contributed by atoms with E-state index in [2.05, 4.69) is 4.90 Å². The highest BCUT2D eigenvalue weighted by molar-refractivity contribution is 5.64. The first kappa shape index (κ1) is 13.8. The number of hydrogen-bond donors (Lipinski definition) is 1. The number of quaternary nitrogens is 1. The van der Waals surface area contributed by atoms with Crippen molar-refractivity contribution in [2.24, 2.45) is 0 Å². The summed E-state index contributed by atoms with van der Waals surface area (Å²) in [6, 6.07) is 6.57. The summed E-state index contributed by atoms with van der Waals surface area (Å²) in [7, 11) is 0. The number of halogens is 1. The Bertz CT molecular complexity index is 414. The average Bonchev–Trinajstić information content (AvgIpc) is 2.40. The third kappa shape index (κ3) is 4.21. The Morgan fingerprint density at radius 3 is 2.47 bits per heavy atom. The Morgan fingerprint density at radius 2 is 1.89 bits per heavy atom. The second-order valence-electron chi connectivity index (χ2n) is 4.94. The van der Waals surface area contributed by atoms with Crippen LogP contribution in [0.25, 0.3) is 0 Å². The number of carbonyl (C=O) groups excluding carboxylic acids is 1. The summed E-state index contributed by atoms with van der Waals surface area (Å²) < 4.78 is 12.8. The molecule has 0 radical (unpaired) electrons. The molecule has 0 aromatic heterocycles. The zero-order valence-electron chi connectivity index (χ0n) is 10.9. The highest BCUT2D eigenvalue weighted by Gasteiger charge is 2.19. The van der Waals surface area contributed by atoms with Crippen LogP contribution < -0.4 is 14.9 Å². The highest BCUT2D eigenvalue weighted by Crippen LogP contribution is 2.14. The molecule has 1 saturated heterocycles. The molecule has 0 amide bonds. The standard InChI is InChI=1S/C14H19FN2O2/c15-12-3-5-13(6-4-12)17-10-8-16(9-11-17)7-1-2-14(18)19/h3-6H,1-2,7-11H2,(H,18,19). The first-order valence-corrected chi connectivity index (χ1v) is 6.69. The van der Waals surface area contributed by atoms with Crippen molar-refractivity contribution in [1.29, 1.82) is 0 Å². The molecule has 1 N–H and O–H groups in total. The largest absolute Gasteiger partial charge is 0.550 e. The lowest BCUT2D eigenvalue weighted by Gasteiger charge is -2.33. The molecule has 104 valence electrons. The minimum absolute atomic E-state index is 0.144. The minimum atomic E-state index is -0.968. The van der Waals surface area contributed by atoms with Crippen LogP contribution in [-0.4, -0.2) is 38.7 Å². The van der Waals surface area contributed by atoms with Crippen molar-refractivity contribution < 1.29 is 19.2 Å². The molecule has 1 aliphatic rings. The summed E-state index contributed by atoms with van der Waals surface area (Å²) in [5.74, 6) is -1.18. The van der Waals surface area contributed by atoms with E-state index in [9.17, 15) is 14.3 Å². The lowest BCUT2D eigenvalue weighted by atomic mass is 10.2. The quantitative estimate of drug-likeness (QED) is 0.748. The van der Waals surface area contributed by atoms with E-state index >= 15 is 0 Å². The van der Waals surface area contributed by atoms with Crippen LogP contribution in [0.3, 0.4) is 0 Å². The van der Waals surface area contributed by atoms with Crippen molar-refractivity contribution in [1.82, 2.24) is 0 Å². The van der Waals surface area contributed by atoms with Crippen LogP contribution in [0.4, 0.5) is 10.1 Å². The SMILES string of the molecule is O=C([O-])CCC[NH+]1CCN(c2ccc(F)cc2)CC1. The molecular formula is C14H19FN2O2. The molecule has 1 fully saturated rings. The van der Waals surface area contributed by atoms with Gasteiger partial charge in [-0.25, -0.2) is 4.39 Å². The molecule has 19 heavy (non-hydrogen) atoms. The molecule has 0 aliphatic carbocycles. The van der Waals surface area contributed by atoms with E-state index in [1.54, 1.807) is 12.1 Å². The van der Waals surface area contributed by atoms with Crippen LogP contribution in [-0.2, 0) is 4.79 Å². The first-order chi connectivity index (χ1) is 9.15. The highest BCUT2D eigenvalue weighted by atomic mass is 19.1. The molecule has 0 bridgehead atoms. The maximum absolute atomic E-state index is 12.8. The van der Waals surface area contributed by atoms with Gasteiger partial charge in [0.05, 0.1) is 32.7 Å². The topological polar surface area (TPSA) is 47.8 Å². The fraction of sp³-hybridized carbons (Fsp3) is 0.500. The predicted octanol–water partition coefficient (Wildman–Crippen LogP) is -0.939. The monoisotopic (exact) mass is 266 g/mol. The number of aliphatic carboxylic acids is 1. The summed E-state index contributed by atoms with van der Waals surface area (Å²) >= 11 is 0. The lowest BCUT2D eigenvalue weighted by molar-refractivity contribution is -0.900. The van der Waals surface area contributed by atoms with Gasteiger partial charge in [0.1, 0.15) is 5.82 Å². The van der Waals surface area contributed by atoms with Gasteiger partial charge in [-0.05, 0) is 30.7 Å². The van der Waals surface area contributed by atoms with Gasteiger partial charge in [-0.3, -0.25) is 0 Å². The van der Waals surface area contributed by atoms with Crippen molar-refractivity contribution in [3.05, 3.63) is 30.1 Å². The van der Waals surface area contributed by atoms with Crippen LogP contribution in [0.5, 0.6) is 0 Å². The Balaban J connectivity index is 1.76. The summed E-state index contributed by atoms with van der Waals surface area (Å²) in [6.45, 7) is 4.71. The molecule has 0 atom stereocenters. The number of carboxylic acids is 1. The fourth-order valence-corrected chi connectivity index (χ4v) is 2.47. The molecular weight excluding hydrogens is 247 g/mol. The maximum Gasteiger partial charge on any atom is 0.123 e. The van der Waals surface area contributed by atoms with Crippen LogP contribution in [0.2, 0.25) is 0 Å². The fourth-order valence-electron chi connectivity index (χ4n) is 2.47. The Kier molecular flexibility index (Phi) is 4.74. The second-order valence-corrected chi connectivity index (χ2v) is 4.94. The number of piperazine rings is 1. The van der Waals surface area contributed by atoms with Gasteiger partial charge < -0.3 is 19.7 Å². The molecule has 0 unspecified atom stereocenters. The first-order valence-electron chi connectivity index (χ1n) is 6.69. The molecule has 1 heterocycles. The number of rotatable bonds is 5. The summed E-state index contributed by atoms with van der Waals surface area (Å²) in [5.41, 5.74) is 1.05. The second kappa shape index (κ2) is 6.52. The molecule has 1 aromatic carbocycles. The number of benzene rings is 1. The molecule has 0 spiro atoms. The smallest absolute Gasteiger partial charge is 0.123 e. The number of hydrogen-bond acceptors (Lipinski definition) is 3. The van der Waals surface area contributed by atoms with Gasteiger partial charge >= 0.3 is 0 Å². The van der Waals surface area contributed by atoms with E-state index < -0.39 is 5.97 Å². The molecule has 1 aromatic rings. The van der Waals surface area contributed by atoms with Crippen LogP contribution in [0, 0.1) is 5.82 Å². The number of nitrogens with zero attached hydrogens (tertiary/aromatic N) is 1. The number of anilines is 1. The maximum atomic E-state index is 12.8. The summed E-state index contributed by atoms with van der Waals surface area (Å²) in [4.78, 5) is 14.0.